The molecular weight excluding hydrogens is 450 g/mol. The number of methoxy groups -OCH3 is 1. The molecule has 1 aliphatic rings. The molecule has 172 valence electrons. The number of nitrogens with one attached hydrogen (secondary N) is 1. The first-order valence-electron chi connectivity index (χ1n) is 10.8. The van der Waals surface area contributed by atoms with Crippen LogP contribution in [0.2, 0.25) is 0 Å². The van der Waals surface area contributed by atoms with Gasteiger partial charge in [-0.2, -0.15) is 0 Å². The summed E-state index contributed by atoms with van der Waals surface area (Å²) in [5.41, 5.74) is 1.06. The maximum Gasteiger partial charge on any atom is 0.261 e. The van der Waals surface area contributed by atoms with E-state index in [2.05, 4.69) is 4.72 Å². The zero-order valence-electron chi connectivity index (χ0n) is 18.4. The Bertz CT molecular complexity index is 1600. The van der Waals surface area contributed by atoms with Gasteiger partial charge in [-0.1, -0.05) is 60.7 Å². The molecule has 0 aliphatic heterocycles. The lowest BCUT2D eigenvalue weighted by atomic mass is 9.93. The first-order chi connectivity index (χ1) is 16.4. The van der Waals surface area contributed by atoms with Gasteiger partial charge < -0.3 is 14.9 Å². The minimum absolute atomic E-state index is 0.0132. The van der Waals surface area contributed by atoms with Crippen LogP contribution in [0.1, 0.15) is 12.8 Å². The van der Waals surface area contributed by atoms with Gasteiger partial charge >= 0.3 is 0 Å². The summed E-state index contributed by atoms with van der Waals surface area (Å²) in [6, 6.07) is 19.4. The lowest BCUT2D eigenvalue weighted by molar-refractivity contribution is 0.276. The molecule has 0 atom stereocenters. The SMILES string of the molecule is COC1=CC(S(=O)(=O)Nc2cc(-c3c(O)ccc4ccccc34)c(O)c3ccccc23)=CCC1. The highest BCUT2D eigenvalue weighted by molar-refractivity contribution is 7.96. The van der Waals surface area contributed by atoms with E-state index >= 15 is 0 Å². The summed E-state index contributed by atoms with van der Waals surface area (Å²) in [7, 11) is -2.41. The molecule has 0 fully saturated rings. The summed E-state index contributed by atoms with van der Waals surface area (Å²) in [6.45, 7) is 0. The van der Waals surface area contributed by atoms with E-state index in [9.17, 15) is 18.6 Å². The van der Waals surface area contributed by atoms with Gasteiger partial charge in [-0.3, -0.25) is 4.72 Å². The third-order valence-electron chi connectivity index (χ3n) is 6.05. The number of anilines is 1. The van der Waals surface area contributed by atoms with E-state index < -0.39 is 10.0 Å². The number of ether oxygens (including phenoxy) is 1. The number of hydrogen-bond donors (Lipinski definition) is 3. The van der Waals surface area contributed by atoms with Gasteiger partial charge in [0.05, 0.1) is 23.5 Å². The molecule has 34 heavy (non-hydrogen) atoms. The molecule has 1 aliphatic carbocycles. The minimum Gasteiger partial charge on any atom is -0.507 e. The average molecular weight is 474 g/mol. The molecule has 3 N–H and O–H groups in total. The molecule has 0 amide bonds. The van der Waals surface area contributed by atoms with Crippen molar-refractivity contribution in [2.24, 2.45) is 0 Å². The highest BCUT2D eigenvalue weighted by Gasteiger charge is 2.23. The van der Waals surface area contributed by atoms with Crippen molar-refractivity contribution in [3.63, 3.8) is 0 Å². The van der Waals surface area contributed by atoms with Crippen LogP contribution in [-0.2, 0) is 14.8 Å². The minimum atomic E-state index is -3.92. The first kappa shape index (κ1) is 21.9. The number of phenolic OH excluding ortho intramolecular Hbond substituents is 2. The molecule has 6 nitrogen and oxygen atoms in total. The van der Waals surface area contributed by atoms with Gasteiger partial charge in [0, 0.05) is 28.3 Å². The van der Waals surface area contributed by atoms with Crippen molar-refractivity contribution in [1.82, 2.24) is 0 Å². The van der Waals surface area contributed by atoms with Crippen molar-refractivity contribution in [3.05, 3.63) is 89.5 Å². The summed E-state index contributed by atoms with van der Waals surface area (Å²) in [4.78, 5) is 0.127. The summed E-state index contributed by atoms with van der Waals surface area (Å²) in [6.07, 6.45) is 4.38. The molecule has 4 aromatic rings. The lowest BCUT2D eigenvalue weighted by Crippen LogP contribution is -2.16. The monoisotopic (exact) mass is 473 g/mol. The van der Waals surface area contributed by atoms with Crippen molar-refractivity contribution in [3.8, 4) is 22.6 Å². The number of benzene rings is 4. The molecule has 0 aromatic heterocycles. The van der Waals surface area contributed by atoms with Crippen molar-refractivity contribution < 1.29 is 23.4 Å². The lowest BCUT2D eigenvalue weighted by Gasteiger charge is -2.18. The number of fused-ring (bicyclic) bond motifs is 2. The number of sulfonamides is 1. The molecule has 0 radical (unpaired) electrons. The van der Waals surface area contributed by atoms with Crippen LogP contribution in [-0.4, -0.2) is 25.7 Å². The van der Waals surface area contributed by atoms with Gasteiger partial charge in [0.1, 0.15) is 11.5 Å². The van der Waals surface area contributed by atoms with Gasteiger partial charge in [0.15, 0.2) is 0 Å². The highest BCUT2D eigenvalue weighted by atomic mass is 32.2. The van der Waals surface area contributed by atoms with Gasteiger partial charge in [-0.15, -0.1) is 0 Å². The van der Waals surface area contributed by atoms with E-state index in [4.69, 9.17) is 4.74 Å². The Labute approximate surface area is 197 Å². The normalized spacial score (nSPS) is 14.0. The van der Waals surface area contributed by atoms with Crippen LogP contribution in [0, 0.1) is 0 Å². The van der Waals surface area contributed by atoms with Crippen molar-refractivity contribution in [2.75, 3.05) is 11.8 Å². The molecule has 4 aromatic carbocycles. The van der Waals surface area contributed by atoms with Crippen molar-refractivity contribution in [2.45, 2.75) is 12.8 Å². The average Bonchev–Trinajstić information content (AvgIpc) is 2.86. The Balaban J connectivity index is 1.73. The predicted octanol–water partition coefficient (Wildman–Crippen LogP) is 6.02. The van der Waals surface area contributed by atoms with Gasteiger partial charge in [0.25, 0.3) is 10.0 Å². The Hall–Kier alpha value is -3.97. The third-order valence-corrected chi connectivity index (χ3v) is 7.44. The molecule has 0 unspecified atom stereocenters. The van der Waals surface area contributed by atoms with Crippen molar-refractivity contribution >= 4 is 37.3 Å². The second-order valence-electron chi connectivity index (χ2n) is 8.11. The van der Waals surface area contributed by atoms with Crippen LogP contribution >= 0.6 is 0 Å². The molecular formula is C27H23NO5S. The van der Waals surface area contributed by atoms with E-state index in [0.717, 1.165) is 10.8 Å². The summed E-state index contributed by atoms with van der Waals surface area (Å²) < 4.78 is 34.5. The van der Waals surface area contributed by atoms with Crippen LogP contribution in [0.25, 0.3) is 32.7 Å². The Morgan fingerprint density at radius 3 is 2.38 bits per heavy atom. The number of hydrogen-bond acceptors (Lipinski definition) is 5. The summed E-state index contributed by atoms with van der Waals surface area (Å²) in [5.74, 6) is 0.546. The van der Waals surface area contributed by atoms with Crippen LogP contribution in [0.15, 0.2) is 89.5 Å². The van der Waals surface area contributed by atoms with E-state index in [1.807, 2.05) is 24.3 Å². The number of rotatable bonds is 5. The molecule has 0 heterocycles. The smallest absolute Gasteiger partial charge is 0.261 e. The first-order valence-corrected chi connectivity index (χ1v) is 12.3. The van der Waals surface area contributed by atoms with Crippen LogP contribution in [0.4, 0.5) is 5.69 Å². The van der Waals surface area contributed by atoms with Gasteiger partial charge in [0.2, 0.25) is 0 Å². The largest absolute Gasteiger partial charge is 0.507 e. The molecule has 0 saturated carbocycles. The molecule has 5 rings (SSSR count). The van der Waals surface area contributed by atoms with Gasteiger partial charge in [-0.05, 0) is 35.4 Å². The quantitative estimate of drug-likeness (QED) is 0.308. The second kappa shape index (κ2) is 8.43. The zero-order chi connectivity index (χ0) is 23.9. The van der Waals surface area contributed by atoms with E-state index in [1.54, 1.807) is 48.5 Å². The number of phenols is 2. The number of allylic oxidation sites excluding steroid dienone is 3. The van der Waals surface area contributed by atoms with Crippen LogP contribution < -0.4 is 4.72 Å². The van der Waals surface area contributed by atoms with Crippen LogP contribution in [0.5, 0.6) is 11.5 Å². The fourth-order valence-electron chi connectivity index (χ4n) is 4.38. The maximum atomic E-state index is 13.3. The molecule has 0 bridgehead atoms. The van der Waals surface area contributed by atoms with Gasteiger partial charge in [-0.25, -0.2) is 8.42 Å². The molecule has 0 spiro atoms. The highest BCUT2D eigenvalue weighted by Crippen LogP contribution is 2.46. The second-order valence-corrected chi connectivity index (χ2v) is 9.79. The summed E-state index contributed by atoms with van der Waals surface area (Å²) in [5, 5.41) is 24.6. The topological polar surface area (TPSA) is 95.9 Å². The van der Waals surface area contributed by atoms with E-state index in [0.29, 0.717) is 46.2 Å². The van der Waals surface area contributed by atoms with Crippen LogP contribution in [0.3, 0.4) is 0 Å². The van der Waals surface area contributed by atoms with E-state index in [-0.39, 0.29) is 16.4 Å². The summed E-state index contributed by atoms with van der Waals surface area (Å²) >= 11 is 0. The predicted molar refractivity (Wildman–Crippen MR) is 135 cm³/mol. The molecule has 0 saturated heterocycles. The van der Waals surface area contributed by atoms with E-state index in [1.165, 1.54) is 13.2 Å². The standard InChI is InChI=1S/C27H23NO5S/c1-33-18-8-6-9-19(15-18)34(31,32)28-24-16-23(27(30)22-12-5-4-11-21(22)24)26-20-10-3-2-7-17(20)13-14-25(26)29/h2-5,7,9-16,28-30H,6,8H2,1H3. The Kier molecular flexibility index (Phi) is 5.42. The molecule has 7 heteroatoms. The Morgan fingerprint density at radius 2 is 1.62 bits per heavy atom. The fourth-order valence-corrected chi connectivity index (χ4v) is 5.58. The zero-order valence-corrected chi connectivity index (χ0v) is 19.3. The number of aromatic hydroxyl groups is 2. The maximum absolute atomic E-state index is 13.3. The Morgan fingerprint density at radius 1 is 0.912 bits per heavy atom. The van der Waals surface area contributed by atoms with Crippen molar-refractivity contribution in [1.29, 1.82) is 0 Å². The third kappa shape index (κ3) is 3.74. The fraction of sp³-hybridized carbons (Fsp3) is 0.111.